The summed E-state index contributed by atoms with van der Waals surface area (Å²) in [6.07, 6.45) is -1.47. The van der Waals surface area contributed by atoms with Gasteiger partial charge in [-0.05, 0) is 0 Å². The number of nitrogen functional groups attached to an aromatic ring is 1. The molecule has 3 fully saturated rings. The first-order valence-electron chi connectivity index (χ1n) is 12.3. The molecular weight excluding hydrogens is 606 g/mol. The quantitative estimate of drug-likeness (QED) is 0.0483. The molecule has 22 heteroatoms. The number of thiazole rings is 1. The van der Waals surface area contributed by atoms with E-state index in [1.807, 2.05) is 0 Å². The number of urea groups is 1. The first-order chi connectivity index (χ1) is 19.8. The maximum absolute atomic E-state index is 13.2. The van der Waals surface area contributed by atoms with Gasteiger partial charge in [-0.25, -0.2) is 23.7 Å². The zero-order valence-corrected chi connectivity index (χ0v) is 23.2. The summed E-state index contributed by atoms with van der Waals surface area (Å²) in [5.74, 6) is -3.63. The lowest BCUT2D eigenvalue weighted by atomic mass is 9.97. The lowest BCUT2D eigenvalue weighted by Crippen LogP contribution is -2.74. The minimum Gasteiger partial charge on any atom is -0.478 e. The van der Waals surface area contributed by atoms with Crippen LogP contribution in [0.15, 0.2) is 10.5 Å². The van der Waals surface area contributed by atoms with Crippen LogP contribution in [0.1, 0.15) is 18.5 Å². The zero-order chi connectivity index (χ0) is 30.8. The van der Waals surface area contributed by atoms with Crippen LogP contribution in [0.25, 0.3) is 0 Å². The van der Waals surface area contributed by atoms with Crippen molar-refractivity contribution in [1.82, 2.24) is 30.1 Å². The molecule has 1 saturated carbocycles. The highest BCUT2D eigenvalue weighted by Gasteiger charge is 2.56. The predicted octanol–water partition coefficient (Wildman–Crippen LogP) is -3.36. The number of rotatable bonds is 13. The number of amides is 5. The van der Waals surface area contributed by atoms with Gasteiger partial charge in [0, 0.05) is 37.9 Å². The number of nitrogens with two attached hydrogens (primary N) is 2. The van der Waals surface area contributed by atoms with Gasteiger partial charge < -0.3 is 47.0 Å². The highest BCUT2D eigenvalue weighted by Crippen LogP contribution is 2.40. The minimum atomic E-state index is -5.11. The number of ether oxygens (including phenoxy) is 1. The third kappa shape index (κ3) is 6.61. The maximum atomic E-state index is 13.2. The molecule has 3 aliphatic rings. The number of nitrogens with zero attached hydrogens (tertiary/aromatic N) is 4. The molecule has 1 aliphatic carbocycles. The number of carbonyl (C=O) groups excluding carboxylic acids is 4. The Morgan fingerprint density at radius 2 is 2.00 bits per heavy atom. The summed E-state index contributed by atoms with van der Waals surface area (Å²) in [6.45, 7) is -0.302. The van der Waals surface area contributed by atoms with Crippen molar-refractivity contribution in [3.8, 4) is 0 Å². The number of β-lactam (4-membered cyclic amide) rings is 1. The van der Waals surface area contributed by atoms with Crippen LogP contribution in [0.5, 0.6) is 0 Å². The first-order valence-corrected chi connectivity index (χ1v) is 14.5. The van der Waals surface area contributed by atoms with Crippen LogP contribution >= 0.6 is 11.3 Å². The Hall–Kier alpha value is -4.28. The van der Waals surface area contributed by atoms with Crippen LogP contribution in [0.2, 0.25) is 0 Å². The van der Waals surface area contributed by atoms with E-state index in [0.717, 1.165) is 16.2 Å². The zero-order valence-electron chi connectivity index (χ0n) is 21.6. The van der Waals surface area contributed by atoms with Gasteiger partial charge in [-0.15, -0.1) is 11.3 Å². The van der Waals surface area contributed by atoms with Crippen LogP contribution in [-0.2, 0) is 34.3 Å². The van der Waals surface area contributed by atoms with E-state index in [0.29, 0.717) is 0 Å². The number of aromatic nitrogens is 1. The van der Waals surface area contributed by atoms with Crippen molar-refractivity contribution in [3.63, 3.8) is 0 Å². The average Bonchev–Trinajstić information content (AvgIpc) is 3.47. The molecule has 20 nitrogen and oxygen atoms in total. The molecule has 0 spiro atoms. The van der Waals surface area contributed by atoms with E-state index in [1.165, 1.54) is 5.38 Å². The van der Waals surface area contributed by atoms with Gasteiger partial charge in [0.1, 0.15) is 17.8 Å². The van der Waals surface area contributed by atoms with E-state index in [9.17, 15) is 42.0 Å². The summed E-state index contributed by atoms with van der Waals surface area (Å²) < 4.78 is 38.7. The van der Waals surface area contributed by atoms with Crippen LogP contribution in [0.3, 0.4) is 0 Å². The number of carboxylic acids is 1. The molecule has 0 radical (unpaired) electrons. The fraction of sp³-hybridized carbons (Fsp3) is 0.550. The van der Waals surface area contributed by atoms with Gasteiger partial charge in [0.25, 0.3) is 11.8 Å². The monoisotopic (exact) mass is 633 g/mol. The minimum absolute atomic E-state index is 0.0356. The molecule has 1 aromatic heterocycles. The largest absolute Gasteiger partial charge is 0.478 e. The number of oxime groups is 1. The second-order valence-corrected chi connectivity index (χ2v) is 11.5. The summed E-state index contributed by atoms with van der Waals surface area (Å²) in [5, 5.41) is 21.6. The number of carboxylic acid groups (broad SMARTS) is 1. The summed E-state index contributed by atoms with van der Waals surface area (Å²) in [4.78, 5) is 71.6. The molecule has 2 aliphatic heterocycles. The maximum Gasteiger partial charge on any atom is 0.410 e. The third-order valence-corrected chi connectivity index (χ3v) is 7.99. The number of hydrogen-bond donors (Lipinski definition) is 7. The smallest absolute Gasteiger partial charge is 0.410 e. The summed E-state index contributed by atoms with van der Waals surface area (Å²) in [7, 11) is -5.11. The SMILES string of the molecule is NCCNC(=O)NCC1CN(C[C@@H]2[C@H](NC(=O)/C(=N\OC3(C(=O)O)CC3)c3csc(N)n3)C(=O)N2S(=O)(=O)O)C(=O)O1. The normalized spacial score (nSPS) is 23.1. The van der Waals surface area contributed by atoms with Gasteiger partial charge in [-0.1, -0.05) is 5.16 Å². The molecule has 0 bridgehead atoms. The molecule has 2 saturated heterocycles. The van der Waals surface area contributed by atoms with E-state index in [1.54, 1.807) is 0 Å². The Kier molecular flexibility index (Phi) is 8.70. The van der Waals surface area contributed by atoms with Crippen molar-refractivity contribution < 1.29 is 51.6 Å². The van der Waals surface area contributed by atoms with Gasteiger partial charge in [0.15, 0.2) is 10.8 Å². The highest BCUT2D eigenvalue weighted by molar-refractivity contribution is 7.84. The second kappa shape index (κ2) is 11.9. The molecule has 42 heavy (non-hydrogen) atoms. The van der Waals surface area contributed by atoms with Crippen LogP contribution in [0, 0.1) is 0 Å². The second-order valence-electron chi connectivity index (χ2n) is 9.37. The molecule has 3 heterocycles. The van der Waals surface area contributed by atoms with Crippen molar-refractivity contribution in [2.75, 3.05) is 38.5 Å². The standard InChI is InChI=1S/C20H27N9O11S2/c21-3-4-23-18(34)24-5-9-6-28(19(35)39-9)7-11-13(15(31)29(11)42(36,37)38)26-14(30)12(10-8-41-17(22)25-10)27-40-20(1-2-20)16(32)33/h8-9,11,13H,1-7,21H2,(H2,22,25)(H,26,30)(H,32,33)(H2,23,24,34)(H,36,37,38)/b27-12-/t9?,11-,13+/m1/s1. The van der Waals surface area contributed by atoms with Crippen LogP contribution in [0.4, 0.5) is 14.7 Å². The van der Waals surface area contributed by atoms with Crippen molar-refractivity contribution in [1.29, 1.82) is 0 Å². The van der Waals surface area contributed by atoms with Gasteiger partial charge in [-0.3, -0.25) is 14.1 Å². The van der Waals surface area contributed by atoms with Gasteiger partial charge in [0.2, 0.25) is 5.60 Å². The molecule has 1 unspecified atom stereocenters. The number of nitrogens with one attached hydrogen (secondary N) is 3. The van der Waals surface area contributed by atoms with E-state index in [4.69, 9.17) is 21.0 Å². The number of cyclic esters (lactones) is 1. The van der Waals surface area contributed by atoms with Crippen molar-refractivity contribution in [3.05, 3.63) is 11.1 Å². The Morgan fingerprint density at radius 3 is 2.57 bits per heavy atom. The summed E-state index contributed by atoms with van der Waals surface area (Å²) in [5.41, 5.74) is 8.65. The van der Waals surface area contributed by atoms with Crippen LogP contribution < -0.4 is 27.4 Å². The molecule has 5 amide bonds. The summed E-state index contributed by atoms with van der Waals surface area (Å²) in [6, 6.07) is -3.61. The molecular formula is C20H27N9O11S2. The molecule has 9 N–H and O–H groups in total. The Bertz CT molecular complexity index is 1410. The van der Waals surface area contributed by atoms with Crippen LogP contribution in [-0.4, -0.2) is 124 Å². The number of aliphatic carboxylic acids is 1. The van der Waals surface area contributed by atoms with Gasteiger partial charge in [0.05, 0.1) is 19.1 Å². The Morgan fingerprint density at radius 1 is 1.29 bits per heavy atom. The topological polar surface area (TPSA) is 298 Å². The summed E-state index contributed by atoms with van der Waals surface area (Å²) >= 11 is 0.933. The third-order valence-electron chi connectivity index (χ3n) is 6.37. The van der Waals surface area contributed by atoms with Gasteiger partial charge >= 0.3 is 28.4 Å². The lowest BCUT2D eigenvalue weighted by Gasteiger charge is -2.45. The Labute approximate surface area is 241 Å². The Balaban J connectivity index is 1.47. The first kappa shape index (κ1) is 30.7. The molecule has 230 valence electrons. The number of carbonyl (C=O) groups is 5. The highest BCUT2D eigenvalue weighted by atomic mass is 32.2. The molecule has 1 aromatic rings. The molecule has 4 rings (SSSR count). The molecule has 0 aromatic carbocycles. The van der Waals surface area contributed by atoms with Gasteiger partial charge in [-0.2, -0.15) is 8.42 Å². The fourth-order valence-electron chi connectivity index (χ4n) is 4.05. The number of anilines is 1. The number of hydrogen-bond acceptors (Lipinski definition) is 14. The molecule has 3 atom stereocenters. The van der Waals surface area contributed by atoms with Crippen molar-refractivity contribution in [2.24, 2.45) is 10.9 Å². The van der Waals surface area contributed by atoms with Crippen molar-refractivity contribution >= 4 is 62.4 Å². The van der Waals surface area contributed by atoms with E-state index >= 15 is 0 Å². The van der Waals surface area contributed by atoms with E-state index in [2.05, 4.69) is 26.1 Å². The lowest BCUT2D eigenvalue weighted by molar-refractivity contribution is -0.153. The fourth-order valence-corrected chi connectivity index (χ4v) is 5.47. The van der Waals surface area contributed by atoms with Crippen molar-refractivity contribution in [2.45, 2.75) is 36.6 Å². The van der Waals surface area contributed by atoms with E-state index in [-0.39, 0.29) is 54.2 Å². The predicted molar refractivity (Wildman–Crippen MR) is 140 cm³/mol. The van der Waals surface area contributed by atoms with E-state index < -0.39 is 76.3 Å². The average molecular weight is 634 g/mol.